The highest BCUT2D eigenvalue weighted by Gasteiger charge is 2.20. The van der Waals surface area contributed by atoms with E-state index in [-0.39, 0.29) is 17.1 Å². The molecule has 4 nitrogen and oxygen atoms in total. The Kier molecular flexibility index (Phi) is 6.28. The zero-order valence-electron chi connectivity index (χ0n) is 12.7. The van der Waals surface area contributed by atoms with Gasteiger partial charge in [-0.2, -0.15) is 14.0 Å². The molecule has 25 heavy (non-hydrogen) atoms. The summed E-state index contributed by atoms with van der Waals surface area (Å²) in [7, 11) is -3.94. The van der Waals surface area contributed by atoms with Gasteiger partial charge >= 0.3 is 6.61 Å². The van der Waals surface area contributed by atoms with Crippen LogP contribution < -0.4 is 4.74 Å². The first-order valence-electron chi connectivity index (χ1n) is 6.94. The maximum atomic E-state index is 12.5. The molecule has 0 aliphatic heterocycles. The summed E-state index contributed by atoms with van der Waals surface area (Å²) in [6.07, 6.45) is 1.03. The molecular formula is C17H12BrF2NO3S. The minimum atomic E-state index is -3.94. The minimum absolute atomic E-state index is 0.0822. The number of nitriles is 1. The highest BCUT2D eigenvalue weighted by Crippen LogP contribution is 2.25. The molecule has 0 bridgehead atoms. The van der Waals surface area contributed by atoms with Gasteiger partial charge in [-0.25, -0.2) is 8.42 Å². The fraction of sp³-hybridized carbons (Fsp3) is 0.118. The van der Waals surface area contributed by atoms with Crippen molar-refractivity contribution in [1.29, 1.82) is 5.26 Å². The molecule has 0 amide bonds. The van der Waals surface area contributed by atoms with Gasteiger partial charge < -0.3 is 4.74 Å². The highest BCUT2D eigenvalue weighted by molar-refractivity contribution is 9.10. The molecule has 0 aromatic heterocycles. The van der Waals surface area contributed by atoms with Crippen molar-refractivity contribution in [3.8, 4) is 11.8 Å². The predicted molar refractivity (Wildman–Crippen MR) is 93.4 cm³/mol. The van der Waals surface area contributed by atoms with Crippen molar-refractivity contribution in [2.24, 2.45) is 0 Å². The first-order chi connectivity index (χ1) is 11.8. The number of hydrogen-bond acceptors (Lipinski definition) is 4. The van der Waals surface area contributed by atoms with Gasteiger partial charge in [0.25, 0.3) is 0 Å². The monoisotopic (exact) mass is 427 g/mol. The van der Waals surface area contributed by atoms with Gasteiger partial charge in [-0.15, -0.1) is 0 Å². The third-order valence-electron chi connectivity index (χ3n) is 3.14. The number of benzene rings is 2. The number of nitrogens with zero attached hydrogens (tertiary/aromatic N) is 1. The number of ether oxygens (including phenoxy) is 1. The van der Waals surface area contributed by atoms with Crippen molar-refractivity contribution in [2.45, 2.75) is 12.4 Å². The van der Waals surface area contributed by atoms with Crippen LogP contribution in [0.15, 0.2) is 57.9 Å². The average molecular weight is 428 g/mol. The molecule has 2 aromatic rings. The molecule has 0 fully saturated rings. The number of allylic oxidation sites excluding steroid dienone is 1. The van der Waals surface area contributed by atoms with E-state index in [1.165, 1.54) is 24.3 Å². The quantitative estimate of drug-likeness (QED) is 0.635. The molecule has 0 saturated carbocycles. The standard InChI is InChI=1S/C17H12BrF2NO3S/c18-14-7-5-12(6-8-14)11-25(22,23)15(10-21)9-13-3-1-2-4-16(13)24-17(19)20/h1-9,17H,11H2/b15-9-. The van der Waals surface area contributed by atoms with E-state index >= 15 is 0 Å². The fourth-order valence-electron chi connectivity index (χ4n) is 2.01. The summed E-state index contributed by atoms with van der Waals surface area (Å²) in [5, 5.41) is 9.22. The molecule has 0 aliphatic rings. The molecule has 0 aliphatic carbocycles. The number of halogens is 3. The SMILES string of the molecule is N#C/C(=C/c1ccccc1OC(F)F)S(=O)(=O)Cc1ccc(Br)cc1. The molecular weight excluding hydrogens is 416 g/mol. The van der Waals surface area contributed by atoms with Crippen molar-refractivity contribution < 1.29 is 21.9 Å². The van der Waals surface area contributed by atoms with Crippen molar-refractivity contribution in [2.75, 3.05) is 0 Å². The van der Waals surface area contributed by atoms with Crippen LogP contribution >= 0.6 is 15.9 Å². The summed E-state index contributed by atoms with van der Waals surface area (Å²) in [5.41, 5.74) is 0.584. The highest BCUT2D eigenvalue weighted by atomic mass is 79.9. The van der Waals surface area contributed by atoms with E-state index in [1.54, 1.807) is 30.3 Å². The Balaban J connectivity index is 2.37. The predicted octanol–water partition coefficient (Wildman–Crippen LogP) is 4.53. The van der Waals surface area contributed by atoms with Crippen molar-refractivity contribution in [1.82, 2.24) is 0 Å². The van der Waals surface area contributed by atoms with Crippen LogP contribution in [0.25, 0.3) is 6.08 Å². The van der Waals surface area contributed by atoms with E-state index in [0.29, 0.717) is 5.56 Å². The lowest BCUT2D eigenvalue weighted by Gasteiger charge is -2.08. The zero-order chi connectivity index (χ0) is 18.4. The summed E-state index contributed by atoms with van der Waals surface area (Å²) in [6, 6.07) is 13.9. The normalized spacial score (nSPS) is 12.0. The second-order valence-electron chi connectivity index (χ2n) is 4.92. The van der Waals surface area contributed by atoms with Crippen molar-refractivity contribution in [3.63, 3.8) is 0 Å². The largest absolute Gasteiger partial charge is 0.434 e. The smallest absolute Gasteiger partial charge is 0.387 e. The summed E-state index contributed by atoms with van der Waals surface area (Å²) >= 11 is 3.25. The van der Waals surface area contributed by atoms with Crippen LogP contribution in [0.1, 0.15) is 11.1 Å². The molecule has 0 spiro atoms. The van der Waals surface area contributed by atoms with Gasteiger partial charge in [-0.3, -0.25) is 0 Å². The molecule has 0 atom stereocenters. The van der Waals surface area contributed by atoms with Crippen LogP contribution in [0.4, 0.5) is 8.78 Å². The third kappa shape index (κ3) is 5.37. The summed E-state index contributed by atoms with van der Waals surface area (Å²) in [4.78, 5) is -0.527. The molecule has 8 heteroatoms. The second-order valence-corrected chi connectivity index (χ2v) is 7.80. The molecule has 0 N–H and O–H groups in total. The van der Waals surface area contributed by atoms with Gasteiger partial charge in [0, 0.05) is 10.0 Å². The number of hydrogen-bond donors (Lipinski definition) is 0. The lowest BCUT2D eigenvalue weighted by molar-refractivity contribution is -0.0499. The Morgan fingerprint density at radius 3 is 2.44 bits per heavy atom. The molecule has 130 valence electrons. The maximum Gasteiger partial charge on any atom is 0.387 e. The van der Waals surface area contributed by atoms with Gasteiger partial charge in [0.1, 0.15) is 16.7 Å². The summed E-state index contributed by atoms with van der Waals surface area (Å²) < 4.78 is 55.0. The Morgan fingerprint density at radius 1 is 1.20 bits per heavy atom. The Hall–Kier alpha value is -2.24. The van der Waals surface area contributed by atoms with Crippen LogP contribution in [0, 0.1) is 11.3 Å². The Bertz CT molecular complexity index is 920. The van der Waals surface area contributed by atoms with Crippen molar-refractivity contribution >= 4 is 31.8 Å². The second kappa shape index (κ2) is 8.23. The lowest BCUT2D eigenvalue weighted by atomic mass is 10.2. The van der Waals surface area contributed by atoms with Gasteiger partial charge in [-0.05, 0) is 29.8 Å². The van der Waals surface area contributed by atoms with E-state index < -0.39 is 21.4 Å². The van der Waals surface area contributed by atoms with Gasteiger partial charge in [0.15, 0.2) is 9.84 Å². The minimum Gasteiger partial charge on any atom is -0.434 e. The molecule has 2 rings (SSSR count). The van der Waals surface area contributed by atoms with Crippen molar-refractivity contribution in [3.05, 3.63) is 69.0 Å². The van der Waals surface area contributed by atoms with Gasteiger partial charge in [-0.1, -0.05) is 46.3 Å². The molecule has 2 aromatic carbocycles. The summed E-state index contributed by atoms with van der Waals surface area (Å²) in [6.45, 7) is -3.06. The van der Waals surface area contributed by atoms with Crippen LogP contribution in [-0.2, 0) is 15.6 Å². The van der Waals surface area contributed by atoms with E-state index in [4.69, 9.17) is 0 Å². The van der Waals surface area contributed by atoms with E-state index in [2.05, 4.69) is 20.7 Å². The van der Waals surface area contributed by atoms with E-state index in [1.807, 2.05) is 0 Å². The van der Waals surface area contributed by atoms with Crippen LogP contribution in [0.5, 0.6) is 5.75 Å². The first kappa shape index (κ1) is 19.1. The van der Waals surface area contributed by atoms with Gasteiger partial charge in [0.05, 0.1) is 5.75 Å². The molecule has 0 saturated heterocycles. The number of sulfone groups is 1. The number of alkyl halides is 2. The molecule has 0 unspecified atom stereocenters. The fourth-order valence-corrected chi connectivity index (χ4v) is 3.51. The Labute approximate surface area is 152 Å². The average Bonchev–Trinajstić information content (AvgIpc) is 2.55. The zero-order valence-corrected chi connectivity index (χ0v) is 15.1. The number of rotatable bonds is 6. The Morgan fingerprint density at radius 2 is 1.84 bits per heavy atom. The number of para-hydroxylation sites is 1. The summed E-state index contributed by atoms with van der Waals surface area (Å²) in [5.74, 6) is -0.582. The van der Waals surface area contributed by atoms with E-state index in [0.717, 1.165) is 10.5 Å². The van der Waals surface area contributed by atoms with Crippen LogP contribution in [0.2, 0.25) is 0 Å². The maximum absolute atomic E-state index is 12.5. The first-order valence-corrected chi connectivity index (χ1v) is 9.39. The molecule has 0 heterocycles. The van der Waals surface area contributed by atoms with E-state index in [9.17, 15) is 22.5 Å². The molecule has 0 radical (unpaired) electrons. The van der Waals surface area contributed by atoms with Crippen LogP contribution in [-0.4, -0.2) is 15.0 Å². The lowest BCUT2D eigenvalue weighted by Crippen LogP contribution is -2.07. The van der Waals surface area contributed by atoms with Gasteiger partial charge in [0.2, 0.25) is 0 Å². The van der Waals surface area contributed by atoms with Crippen LogP contribution in [0.3, 0.4) is 0 Å². The third-order valence-corrected chi connectivity index (χ3v) is 5.26. The topological polar surface area (TPSA) is 67.2 Å².